The highest BCUT2D eigenvalue weighted by atomic mass is 32.2. The number of aromatic nitrogens is 3. The molecule has 1 aliphatic heterocycles. The normalized spacial score (nSPS) is 16.8. The van der Waals surface area contributed by atoms with Crippen LogP contribution in [0.3, 0.4) is 0 Å². The fourth-order valence-corrected chi connectivity index (χ4v) is 5.15. The van der Waals surface area contributed by atoms with Crippen molar-refractivity contribution in [1.29, 1.82) is 0 Å². The van der Waals surface area contributed by atoms with Gasteiger partial charge < -0.3 is 9.47 Å². The molecule has 0 unspecified atom stereocenters. The second-order valence-electron chi connectivity index (χ2n) is 6.57. The molecule has 1 saturated heterocycles. The van der Waals surface area contributed by atoms with Gasteiger partial charge in [-0.3, -0.25) is 4.79 Å². The Kier molecular flexibility index (Phi) is 6.37. The number of sulfone groups is 1. The Morgan fingerprint density at radius 2 is 1.83 bits per heavy atom. The molecule has 2 rings (SSSR count). The monoisotopic (exact) mass is 356 g/mol. The van der Waals surface area contributed by atoms with Gasteiger partial charge in [0.1, 0.15) is 6.33 Å². The van der Waals surface area contributed by atoms with Gasteiger partial charge in [-0.1, -0.05) is 26.7 Å². The Morgan fingerprint density at radius 1 is 1.25 bits per heavy atom. The van der Waals surface area contributed by atoms with Gasteiger partial charge in [0.25, 0.3) is 0 Å². The highest BCUT2D eigenvalue weighted by Crippen LogP contribution is 2.25. The minimum absolute atomic E-state index is 0.0159. The third kappa shape index (κ3) is 3.96. The SMILES string of the molecule is CCCC(CCC)C(=O)N1CCC(S(=O)(=O)c2nncn2C)CC1. The number of rotatable bonds is 7. The molecular weight excluding hydrogens is 328 g/mol. The van der Waals surface area contributed by atoms with E-state index >= 15 is 0 Å². The Bertz CT molecular complexity index is 642. The molecule has 24 heavy (non-hydrogen) atoms. The van der Waals surface area contributed by atoms with Crippen molar-refractivity contribution < 1.29 is 13.2 Å². The fourth-order valence-electron chi connectivity index (χ4n) is 3.41. The summed E-state index contributed by atoms with van der Waals surface area (Å²) in [5.41, 5.74) is 0. The molecule has 0 aliphatic carbocycles. The zero-order chi connectivity index (χ0) is 17.7. The topological polar surface area (TPSA) is 85.2 Å². The Balaban J connectivity index is 2.00. The smallest absolute Gasteiger partial charge is 0.249 e. The highest BCUT2D eigenvalue weighted by Gasteiger charge is 2.36. The van der Waals surface area contributed by atoms with Gasteiger partial charge in [-0.15, -0.1) is 10.2 Å². The predicted octanol–water partition coefficient (Wildman–Crippen LogP) is 1.80. The molecule has 136 valence electrons. The first-order valence-electron chi connectivity index (χ1n) is 8.78. The average molecular weight is 356 g/mol. The third-order valence-corrected chi connectivity index (χ3v) is 6.97. The number of hydrogen-bond donors (Lipinski definition) is 0. The van der Waals surface area contributed by atoms with Crippen LogP contribution in [0.2, 0.25) is 0 Å². The summed E-state index contributed by atoms with van der Waals surface area (Å²) in [5, 5.41) is 6.93. The summed E-state index contributed by atoms with van der Waals surface area (Å²) in [6.07, 6.45) is 6.12. The van der Waals surface area contributed by atoms with Gasteiger partial charge in [0.2, 0.25) is 20.9 Å². The van der Waals surface area contributed by atoms with E-state index in [0.29, 0.717) is 25.9 Å². The van der Waals surface area contributed by atoms with Crippen molar-refractivity contribution in [2.24, 2.45) is 13.0 Å². The van der Waals surface area contributed by atoms with Gasteiger partial charge in [-0.05, 0) is 25.7 Å². The zero-order valence-corrected chi connectivity index (χ0v) is 15.6. The van der Waals surface area contributed by atoms with Gasteiger partial charge in [0.15, 0.2) is 0 Å². The van der Waals surface area contributed by atoms with E-state index in [1.165, 1.54) is 10.9 Å². The second kappa shape index (κ2) is 8.09. The molecule has 0 N–H and O–H groups in total. The molecule has 1 amide bonds. The number of hydrogen-bond acceptors (Lipinski definition) is 5. The fraction of sp³-hybridized carbons (Fsp3) is 0.812. The van der Waals surface area contributed by atoms with Gasteiger partial charge in [0, 0.05) is 26.1 Å². The van der Waals surface area contributed by atoms with Crippen molar-refractivity contribution in [2.75, 3.05) is 13.1 Å². The van der Waals surface area contributed by atoms with Crippen molar-refractivity contribution in [3.05, 3.63) is 6.33 Å². The van der Waals surface area contributed by atoms with Crippen molar-refractivity contribution in [1.82, 2.24) is 19.7 Å². The molecular formula is C16H28N4O3S. The number of carbonyl (C=O) groups excluding carboxylic acids is 1. The van der Waals surface area contributed by atoms with Crippen LogP contribution in [-0.2, 0) is 21.7 Å². The number of carbonyl (C=O) groups is 1. The summed E-state index contributed by atoms with van der Waals surface area (Å²) >= 11 is 0. The van der Waals surface area contributed by atoms with E-state index in [9.17, 15) is 13.2 Å². The molecule has 1 fully saturated rings. The largest absolute Gasteiger partial charge is 0.342 e. The van der Waals surface area contributed by atoms with Crippen LogP contribution in [-0.4, -0.2) is 52.3 Å². The maximum atomic E-state index is 12.7. The van der Waals surface area contributed by atoms with E-state index in [2.05, 4.69) is 24.0 Å². The molecule has 0 bridgehead atoms. The van der Waals surface area contributed by atoms with Crippen molar-refractivity contribution in [3.63, 3.8) is 0 Å². The van der Waals surface area contributed by atoms with Crippen LogP contribution in [0.15, 0.2) is 11.5 Å². The summed E-state index contributed by atoms with van der Waals surface area (Å²) in [5.74, 6) is 0.264. The lowest BCUT2D eigenvalue weighted by atomic mass is 9.95. The number of aryl methyl sites for hydroxylation is 1. The van der Waals surface area contributed by atoms with E-state index in [4.69, 9.17) is 0 Å². The lowest BCUT2D eigenvalue weighted by Gasteiger charge is -2.33. The summed E-state index contributed by atoms with van der Waals surface area (Å²) in [6.45, 7) is 5.19. The van der Waals surface area contributed by atoms with E-state index in [0.717, 1.165) is 25.7 Å². The number of nitrogens with zero attached hydrogens (tertiary/aromatic N) is 4. The van der Waals surface area contributed by atoms with Gasteiger partial charge >= 0.3 is 0 Å². The molecule has 7 nitrogen and oxygen atoms in total. The Labute approximate surface area is 144 Å². The molecule has 0 radical (unpaired) electrons. The first-order chi connectivity index (χ1) is 11.4. The standard InChI is InChI=1S/C16H28N4O3S/c1-4-6-13(7-5-2)15(21)20-10-8-14(9-11-20)24(22,23)16-18-17-12-19(16)3/h12-14H,4-11H2,1-3H3. The van der Waals surface area contributed by atoms with Gasteiger partial charge in [0.05, 0.1) is 5.25 Å². The number of piperidine rings is 1. The van der Waals surface area contributed by atoms with Crippen molar-refractivity contribution in [3.8, 4) is 0 Å². The molecule has 2 heterocycles. The minimum atomic E-state index is -3.49. The summed E-state index contributed by atoms with van der Waals surface area (Å²) in [7, 11) is -1.86. The number of amides is 1. The first-order valence-corrected chi connectivity index (χ1v) is 10.3. The lowest BCUT2D eigenvalue weighted by molar-refractivity contribution is -0.136. The van der Waals surface area contributed by atoms with Gasteiger partial charge in [-0.25, -0.2) is 8.42 Å². The third-order valence-electron chi connectivity index (χ3n) is 4.74. The van der Waals surface area contributed by atoms with E-state index in [1.807, 2.05) is 4.90 Å². The van der Waals surface area contributed by atoms with Crippen molar-refractivity contribution >= 4 is 15.7 Å². The number of likely N-dealkylation sites (tertiary alicyclic amines) is 1. The highest BCUT2D eigenvalue weighted by molar-refractivity contribution is 7.91. The maximum Gasteiger partial charge on any atom is 0.249 e. The minimum Gasteiger partial charge on any atom is -0.342 e. The van der Waals surface area contributed by atoms with Crippen LogP contribution in [0.4, 0.5) is 0 Å². The average Bonchev–Trinajstić information content (AvgIpc) is 3.01. The van der Waals surface area contributed by atoms with E-state index in [1.54, 1.807) is 7.05 Å². The van der Waals surface area contributed by atoms with Crippen LogP contribution in [0.1, 0.15) is 52.4 Å². The van der Waals surface area contributed by atoms with Crippen LogP contribution in [0, 0.1) is 5.92 Å². The summed E-state index contributed by atoms with van der Waals surface area (Å²) < 4.78 is 26.8. The lowest BCUT2D eigenvalue weighted by Crippen LogP contribution is -2.45. The van der Waals surface area contributed by atoms with E-state index < -0.39 is 15.1 Å². The molecule has 0 spiro atoms. The molecule has 1 aromatic rings. The Hall–Kier alpha value is -1.44. The van der Waals surface area contributed by atoms with Crippen LogP contribution in [0.25, 0.3) is 0 Å². The van der Waals surface area contributed by atoms with E-state index in [-0.39, 0.29) is 17.0 Å². The molecule has 1 aromatic heterocycles. The zero-order valence-electron chi connectivity index (χ0n) is 14.8. The molecule has 0 aromatic carbocycles. The molecule has 0 saturated carbocycles. The molecule has 8 heteroatoms. The van der Waals surface area contributed by atoms with Crippen LogP contribution < -0.4 is 0 Å². The summed E-state index contributed by atoms with van der Waals surface area (Å²) in [4.78, 5) is 14.5. The molecule has 1 aliphatic rings. The predicted molar refractivity (Wildman–Crippen MR) is 91.1 cm³/mol. The Morgan fingerprint density at radius 3 is 2.29 bits per heavy atom. The van der Waals surface area contributed by atoms with Crippen LogP contribution >= 0.6 is 0 Å². The second-order valence-corrected chi connectivity index (χ2v) is 8.69. The van der Waals surface area contributed by atoms with Gasteiger partial charge in [-0.2, -0.15) is 0 Å². The van der Waals surface area contributed by atoms with Crippen molar-refractivity contribution in [2.45, 2.75) is 62.8 Å². The first kappa shape index (κ1) is 18.9. The van der Waals surface area contributed by atoms with Crippen LogP contribution in [0.5, 0.6) is 0 Å². The molecule has 0 atom stereocenters. The maximum absolute atomic E-state index is 12.7. The summed E-state index contributed by atoms with van der Waals surface area (Å²) in [6, 6.07) is 0. The quantitative estimate of drug-likeness (QED) is 0.743.